The summed E-state index contributed by atoms with van der Waals surface area (Å²) in [5.74, 6) is -0.0705. The van der Waals surface area contributed by atoms with Gasteiger partial charge in [0.15, 0.2) is 6.10 Å². The lowest BCUT2D eigenvalue weighted by Gasteiger charge is -2.18. The molecule has 0 saturated carbocycles. The number of anilines is 1. The van der Waals surface area contributed by atoms with Gasteiger partial charge < -0.3 is 19.5 Å². The van der Waals surface area contributed by atoms with E-state index in [1.54, 1.807) is 13.0 Å². The van der Waals surface area contributed by atoms with Crippen LogP contribution >= 0.6 is 0 Å². The molecule has 0 aliphatic heterocycles. The standard InChI is InChI=1S/C22H27NO5/c1-6-15-9-8-10-16(7-2)20(15)23-21(24)14(3)28-22(25)17-11-18(26-4)13-19(12-17)27-5/h8-14H,6-7H2,1-5H3,(H,23,24)/t14-/m1/s1. The molecule has 2 aromatic rings. The number of ether oxygens (including phenoxy) is 3. The van der Waals surface area contributed by atoms with Gasteiger partial charge in [0.25, 0.3) is 5.91 Å². The third kappa shape index (κ3) is 5.03. The summed E-state index contributed by atoms with van der Waals surface area (Å²) in [6.07, 6.45) is 0.627. The Balaban J connectivity index is 2.14. The number of nitrogens with one attached hydrogen (secondary N) is 1. The number of esters is 1. The van der Waals surface area contributed by atoms with Crippen molar-refractivity contribution in [2.45, 2.75) is 39.7 Å². The van der Waals surface area contributed by atoms with Crippen molar-refractivity contribution >= 4 is 17.6 Å². The Kier molecular flexibility index (Phi) is 7.44. The Labute approximate surface area is 165 Å². The lowest BCUT2D eigenvalue weighted by atomic mass is 10.0. The number of methoxy groups -OCH3 is 2. The minimum atomic E-state index is -0.959. The first-order chi connectivity index (χ1) is 13.4. The molecule has 0 bridgehead atoms. The summed E-state index contributed by atoms with van der Waals surface area (Å²) in [5, 5.41) is 2.92. The molecule has 0 heterocycles. The first-order valence-corrected chi connectivity index (χ1v) is 9.29. The van der Waals surface area contributed by atoms with Gasteiger partial charge in [-0.1, -0.05) is 32.0 Å². The van der Waals surface area contributed by atoms with Crippen molar-refractivity contribution in [3.63, 3.8) is 0 Å². The second-order valence-corrected chi connectivity index (χ2v) is 6.30. The van der Waals surface area contributed by atoms with Gasteiger partial charge in [-0.25, -0.2) is 4.79 Å². The quantitative estimate of drug-likeness (QED) is 0.695. The molecule has 150 valence electrons. The fourth-order valence-corrected chi connectivity index (χ4v) is 2.84. The lowest BCUT2D eigenvalue weighted by Crippen LogP contribution is -2.30. The topological polar surface area (TPSA) is 73.9 Å². The van der Waals surface area contributed by atoms with E-state index < -0.39 is 12.1 Å². The Hall–Kier alpha value is -3.02. The maximum atomic E-state index is 12.6. The Morgan fingerprint density at radius 1 is 0.964 bits per heavy atom. The van der Waals surface area contributed by atoms with Gasteiger partial charge in [0, 0.05) is 11.8 Å². The molecule has 2 rings (SSSR count). The monoisotopic (exact) mass is 385 g/mol. The van der Waals surface area contributed by atoms with Crippen LogP contribution in [0.15, 0.2) is 36.4 Å². The number of carbonyl (C=O) groups excluding carboxylic acids is 2. The number of aryl methyl sites for hydroxylation is 2. The van der Waals surface area contributed by atoms with Crippen molar-refractivity contribution in [2.75, 3.05) is 19.5 Å². The van der Waals surface area contributed by atoms with Gasteiger partial charge in [-0.3, -0.25) is 4.79 Å². The molecule has 0 fully saturated rings. The normalized spacial score (nSPS) is 11.5. The largest absolute Gasteiger partial charge is 0.497 e. The van der Waals surface area contributed by atoms with E-state index in [2.05, 4.69) is 5.32 Å². The molecule has 2 aromatic carbocycles. The molecule has 0 unspecified atom stereocenters. The molecular formula is C22H27NO5. The highest BCUT2D eigenvalue weighted by atomic mass is 16.5. The van der Waals surface area contributed by atoms with Gasteiger partial charge in [0.05, 0.1) is 19.8 Å². The molecule has 0 aromatic heterocycles. The number of benzene rings is 2. The maximum absolute atomic E-state index is 12.6. The van der Waals surface area contributed by atoms with Crippen molar-refractivity contribution in [2.24, 2.45) is 0 Å². The van der Waals surface area contributed by atoms with Crippen LogP contribution in [-0.2, 0) is 22.4 Å². The van der Waals surface area contributed by atoms with Gasteiger partial charge in [-0.05, 0) is 43.0 Å². The molecule has 0 spiro atoms. The Morgan fingerprint density at radius 3 is 1.96 bits per heavy atom. The van der Waals surface area contributed by atoms with Gasteiger partial charge in [0.2, 0.25) is 0 Å². The van der Waals surface area contributed by atoms with E-state index in [9.17, 15) is 9.59 Å². The molecule has 0 aliphatic rings. The molecule has 0 radical (unpaired) electrons. The van der Waals surface area contributed by atoms with Gasteiger partial charge >= 0.3 is 5.97 Å². The minimum absolute atomic E-state index is 0.249. The molecule has 0 saturated heterocycles. The molecular weight excluding hydrogens is 358 g/mol. The SMILES string of the molecule is CCc1cccc(CC)c1NC(=O)[C@@H](C)OC(=O)c1cc(OC)cc(OC)c1. The molecule has 6 nitrogen and oxygen atoms in total. The molecule has 1 atom stereocenters. The summed E-state index contributed by atoms with van der Waals surface area (Å²) >= 11 is 0. The van der Waals surface area contributed by atoms with Crippen molar-refractivity contribution in [3.8, 4) is 11.5 Å². The molecule has 1 N–H and O–H groups in total. The van der Waals surface area contributed by atoms with Crippen LogP contribution in [0.3, 0.4) is 0 Å². The van der Waals surface area contributed by atoms with Crippen LogP contribution in [0.1, 0.15) is 42.3 Å². The van der Waals surface area contributed by atoms with Crippen LogP contribution in [0, 0.1) is 0 Å². The van der Waals surface area contributed by atoms with Gasteiger partial charge in [-0.15, -0.1) is 0 Å². The fourth-order valence-electron chi connectivity index (χ4n) is 2.84. The zero-order chi connectivity index (χ0) is 20.7. The van der Waals surface area contributed by atoms with E-state index in [4.69, 9.17) is 14.2 Å². The zero-order valence-electron chi connectivity index (χ0n) is 17.0. The highest BCUT2D eigenvalue weighted by Gasteiger charge is 2.21. The van der Waals surface area contributed by atoms with Crippen LogP contribution in [0.25, 0.3) is 0 Å². The van der Waals surface area contributed by atoms with Crippen molar-refractivity contribution in [1.29, 1.82) is 0 Å². The summed E-state index contributed by atoms with van der Waals surface area (Å²) in [6.45, 7) is 5.61. The van der Waals surface area contributed by atoms with Crippen LogP contribution in [0.5, 0.6) is 11.5 Å². The Bertz CT molecular complexity index is 802. The second kappa shape index (κ2) is 9.78. The number of amides is 1. The molecule has 6 heteroatoms. The summed E-state index contributed by atoms with van der Waals surface area (Å²) in [5.41, 5.74) is 3.13. The first-order valence-electron chi connectivity index (χ1n) is 9.29. The lowest BCUT2D eigenvalue weighted by molar-refractivity contribution is -0.123. The molecule has 1 amide bonds. The van der Waals surface area contributed by atoms with E-state index in [0.717, 1.165) is 29.7 Å². The van der Waals surface area contributed by atoms with Crippen LogP contribution in [-0.4, -0.2) is 32.2 Å². The third-order valence-electron chi connectivity index (χ3n) is 4.49. The van der Waals surface area contributed by atoms with Crippen molar-refractivity contribution in [1.82, 2.24) is 0 Å². The predicted octanol–water partition coefficient (Wildman–Crippen LogP) is 4.01. The van der Waals surface area contributed by atoms with E-state index in [0.29, 0.717) is 11.5 Å². The number of hydrogen-bond donors (Lipinski definition) is 1. The molecule has 0 aliphatic carbocycles. The fraction of sp³-hybridized carbons (Fsp3) is 0.364. The van der Waals surface area contributed by atoms with Crippen LogP contribution < -0.4 is 14.8 Å². The van der Waals surface area contributed by atoms with Gasteiger partial charge in [-0.2, -0.15) is 0 Å². The third-order valence-corrected chi connectivity index (χ3v) is 4.49. The van der Waals surface area contributed by atoms with E-state index in [-0.39, 0.29) is 11.5 Å². The second-order valence-electron chi connectivity index (χ2n) is 6.30. The molecule has 28 heavy (non-hydrogen) atoms. The maximum Gasteiger partial charge on any atom is 0.339 e. The van der Waals surface area contributed by atoms with E-state index >= 15 is 0 Å². The smallest absolute Gasteiger partial charge is 0.339 e. The predicted molar refractivity (Wildman–Crippen MR) is 108 cm³/mol. The minimum Gasteiger partial charge on any atom is -0.497 e. The number of carbonyl (C=O) groups is 2. The van der Waals surface area contributed by atoms with Gasteiger partial charge in [0.1, 0.15) is 11.5 Å². The van der Waals surface area contributed by atoms with Crippen molar-refractivity contribution in [3.05, 3.63) is 53.1 Å². The summed E-state index contributed by atoms with van der Waals surface area (Å²) in [6, 6.07) is 10.7. The van der Waals surface area contributed by atoms with E-state index in [1.165, 1.54) is 26.4 Å². The Morgan fingerprint density at radius 2 is 1.50 bits per heavy atom. The zero-order valence-corrected chi connectivity index (χ0v) is 17.0. The number of hydrogen-bond acceptors (Lipinski definition) is 5. The summed E-state index contributed by atoms with van der Waals surface area (Å²) in [7, 11) is 2.99. The highest BCUT2D eigenvalue weighted by molar-refractivity contribution is 5.98. The average Bonchev–Trinajstić information content (AvgIpc) is 2.72. The van der Waals surface area contributed by atoms with Crippen molar-refractivity contribution < 1.29 is 23.8 Å². The first kappa shape index (κ1) is 21.3. The number of para-hydroxylation sites is 1. The van der Waals surface area contributed by atoms with Crippen LogP contribution in [0.4, 0.5) is 5.69 Å². The average molecular weight is 385 g/mol. The van der Waals surface area contributed by atoms with Crippen LogP contribution in [0.2, 0.25) is 0 Å². The summed E-state index contributed by atoms with van der Waals surface area (Å²) in [4.78, 5) is 25.1. The highest BCUT2D eigenvalue weighted by Crippen LogP contribution is 2.25. The summed E-state index contributed by atoms with van der Waals surface area (Å²) < 4.78 is 15.7. The van der Waals surface area contributed by atoms with E-state index in [1.807, 2.05) is 32.0 Å². The number of rotatable bonds is 8.